The van der Waals surface area contributed by atoms with E-state index in [4.69, 9.17) is 0 Å². The fraction of sp³-hybridized carbons (Fsp3) is 0.375. The SMILES string of the molecule is CCc1cnc(CNC(=NC)NCc2cc(Br)ccc2OC(F)F)s1. The Bertz CT molecular complexity index is 724. The number of thiazole rings is 1. The second kappa shape index (κ2) is 9.67. The van der Waals surface area contributed by atoms with Crippen molar-refractivity contribution in [3.8, 4) is 5.75 Å². The molecule has 0 atom stereocenters. The Labute approximate surface area is 157 Å². The van der Waals surface area contributed by atoms with Gasteiger partial charge in [0.1, 0.15) is 10.8 Å². The lowest BCUT2D eigenvalue weighted by Crippen LogP contribution is -2.36. The molecule has 9 heteroatoms. The van der Waals surface area contributed by atoms with E-state index in [-0.39, 0.29) is 5.75 Å². The van der Waals surface area contributed by atoms with Crippen molar-refractivity contribution in [2.45, 2.75) is 33.0 Å². The highest BCUT2D eigenvalue weighted by atomic mass is 79.9. The number of halogens is 3. The van der Waals surface area contributed by atoms with Crippen LogP contribution in [0.3, 0.4) is 0 Å². The molecule has 2 N–H and O–H groups in total. The van der Waals surface area contributed by atoms with Gasteiger partial charge in [0.15, 0.2) is 5.96 Å². The topological polar surface area (TPSA) is 58.5 Å². The first-order valence-corrected chi connectivity index (χ1v) is 9.24. The number of aromatic nitrogens is 1. The van der Waals surface area contributed by atoms with Crippen LogP contribution < -0.4 is 15.4 Å². The van der Waals surface area contributed by atoms with E-state index < -0.39 is 6.61 Å². The summed E-state index contributed by atoms with van der Waals surface area (Å²) in [6, 6.07) is 4.89. The molecule has 0 aliphatic carbocycles. The first-order valence-electron chi connectivity index (χ1n) is 7.63. The zero-order valence-electron chi connectivity index (χ0n) is 13.9. The average Bonchev–Trinajstić information content (AvgIpc) is 3.05. The number of nitrogens with one attached hydrogen (secondary N) is 2. The maximum absolute atomic E-state index is 12.5. The molecule has 2 aromatic rings. The van der Waals surface area contributed by atoms with Gasteiger partial charge in [0.05, 0.1) is 6.54 Å². The number of aliphatic imine (C=N–C) groups is 1. The molecule has 5 nitrogen and oxygen atoms in total. The maximum atomic E-state index is 12.5. The highest BCUT2D eigenvalue weighted by Crippen LogP contribution is 2.24. The minimum Gasteiger partial charge on any atom is -0.434 e. The van der Waals surface area contributed by atoms with Crippen LogP contribution >= 0.6 is 27.3 Å². The van der Waals surface area contributed by atoms with Gasteiger partial charge in [0.2, 0.25) is 0 Å². The normalized spacial score (nSPS) is 11.7. The molecule has 136 valence electrons. The molecule has 1 aromatic heterocycles. The third kappa shape index (κ3) is 6.24. The molecular weight excluding hydrogens is 414 g/mol. The molecule has 0 aliphatic rings. The molecule has 0 radical (unpaired) electrons. The van der Waals surface area contributed by atoms with E-state index in [1.807, 2.05) is 6.20 Å². The minimum atomic E-state index is -2.87. The molecule has 0 unspecified atom stereocenters. The van der Waals surface area contributed by atoms with E-state index in [1.165, 1.54) is 10.9 Å². The van der Waals surface area contributed by atoms with E-state index in [1.54, 1.807) is 30.5 Å². The van der Waals surface area contributed by atoms with Crippen LogP contribution in [0.2, 0.25) is 0 Å². The number of alkyl halides is 2. The summed E-state index contributed by atoms with van der Waals surface area (Å²) >= 11 is 4.98. The van der Waals surface area contributed by atoms with Crippen LogP contribution in [0.1, 0.15) is 22.4 Å². The van der Waals surface area contributed by atoms with Crippen LogP contribution in [-0.4, -0.2) is 24.6 Å². The molecule has 2 rings (SSSR count). The van der Waals surface area contributed by atoms with Crippen LogP contribution in [0.4, 0.5) is 8.78 Å². The number of hydrogen-bond donors (Lipinski definition) is 2. The van der Waals surface area contributed by atoms with E-state index >= 15 is 0 Å². The van der Waals surface area contributed by atoms with Crippen molar-refractivity contribution in [1.82, 2.24) is 15.6 Å². The Balaban J connectivity index is 1.95. The summed E-state index contributed by atoms with van der Waals surface area (Å²) in [7, 11) is 1.64. The molecular formula is C16H19BrF2N4OS. The lowest BCUT2D eigenvalue weighted by atomic mass is 10.2. The fourth-order valence-electron chi connectivity index (χ4n) is 2.05. The molecule has 0 fully saturated rings. The third-order valence-corrected chi connectivity index (χ3v) is 4.90. The van der Waals surface area contributed by atoms with E-state index in [0.29, 0.717) is 24.6 Å². The molecule has 0 saturated heterocycles. The van der Waals surface area contributed by atoms with Gasteiger partial charge in [-0.15, -0.1) is 11.3 Å². The highest BCUT2D eigenvalue weighted by Gasteiger charge is 2.11. The zero-order chi connectivity index (χ0) is 18.2. The van der Waals surface area contributed by atoms with E-state index in [9.17, 15) is 8.78 Å². The number of rotatable bonds is 7. The Morgan fingerprint density at radius 3 is 2.76 bits per heavy atom. The number of hydrogen-bond acceptors (Lipinski definition) is 4. The summed E-state index contributed by atoms with van der Waals surface area (Å²) in [6.45, 7) is 0.0556. The van der Waals surface area contributed by atoms with Crippen molar-refractivity contribution in [3.05, 3.63) is 44.3 Å². The summed E-state index contributed by atoms with van der Waals surface area (Å²) in [5.74, 6) is 0.685. The summed E-state index contributed by atoms with van der Waals surface area (Å²) in [5.41, 5.74) is 0.597. The standard InChI is InChI=1S/C16H19BrF2N4OS/c1-3-12-8-21-14(25-12)9-23-16(20-2)22-7-10-6-11(17)4-5-13(10)24-15(18)19/h4-6,8,15H,3,7,9H2,1-2H3,(H2,20,22,23). The molecule has 0 aliphatic heterocycles. The first kappa shape index (κ1) is 19.6. The third-order valence-electron chi connectivity index (χ3n) is 3.27. The number of guanidine groups is 1. The number of benzene rings is 1. The predicted molar refractivity (Wildman–Crippen MR) is 99.3 cm³/mol. The van der Waals surface area contributed by atoms with Gasteiger partial charge in [-0.05, 0) is 24.6 Å². The summed E-state index contributed by atoms with van der Waals surface area (Å²) in [4.78, 5) is 9.69. The van der Waals surface area contributed by atoms with Crippen LogP contribution in [0.25, 0.3) is 0 Å². The minimum absolute atomic E-state index is 0.133. The summed E-state index contributed by atoms with van der Waals surface area (Å²) in [6.07, 6.45) is 2.83. The molecule has 0 spiro atoms. The Kier molecular flexibility index (Phi) is 7.57. The van der Waals surface area contributed by atoms with Gasteiger partial charge in [-0.2, -0.15) is 8.78 Å². The average molecular weight is 433 g/mol. The molecule has 0 bridgehead atoms. The lowest BCUT2D eigenvalue weighted by molar-refractivity contribution is -0.0504. The van der Waals surface area contributed by atoms with E-state index in [0.717, 1.165) is 15.9 Å². The molecule has 1 heterocycles. The van der Waals surface area contributed by atoms with Crippen LogP contribution in [0.5, 0.6) is 5.75 Å². The largest absolute Gasteiger partial charge is 0.434 e. The van der Waals surface area contributed by atoms with Crippen molar-refractivity contribution >= 4 is 33.2 Å². The number of nitrogens with zero attached hydrogens (tertiary/aromatic N) is 2. The van der Waals surface area contributed by atoms with Crippen molar-refractivity contribution in [3.63, 3.8) is 0 Å². The van der Waals surface area contributed by atoms with Crippen molar-refractivity contribution in [1.29, 1.82) is 0 Å². The van der Waals surface area contributed by atoms with Crippen molar-refractivity contribution in [2.24, 2.45) is 4.99 Å². The first-order chi connectivity index (χ1) is 12.0. The predicted octanol–water partition coefficient (Wildman–Crippen LogP) is 3.93. The Hall–Kier alpha value is -1.74. The molecule has 25 heavy (non-hydrogen) atoms. The molecule has 0 amide bonds. The molecule has 1 aromatic carbocycles. The Morgan fingerprint density at radius 1 is 1.36 bits per heavy atom. The van der Waals surface area contributed by atoms with Gasteiger partial charge < -0.3 is 15.4 Å². The van der Waals surface area contributed by atoms with Gasteiger partial charge in [0.25, 0.3) is 0 Å². The Morgan fingerprint density at radius 2 is 2.12 bits per heavy atom. The van der Waals surface area contributed by atoms with Gasteiger partial charge in [0, 0.05) is 34.7 Å². The number of ether oxygens (including phenoxy) is 1. The van der Waals surface area contributed by atoms with Gasteiger partial charge in [-0.1, -0.05) is 22.9 Å². The van der Waals surface area contributed by atoms with E-state index in [2.05, 4.69) is 48.2 Å². The number of aryl methyl sites for hydroxylation is 1. The zero-order valence-corrected chi connectivity index (χ0v) is 16.3. The monoisotopic (exact) mass is 432 g/mol. The summed E-state index contributed by atoms with van der Waals surface area (Å²) in [5, 5.41) is 7.20. The fourth-order valence-corrected chi connectivity index (χ4v) is 3.26. The van der Waals surface area contributed by atoms with Crippen LogP contribution in [-0.2, 0) is 19.5 Å². The maximum Gasteiger partial charge on any atom is 0.387 e. The highest BCUT2D eigenvalue weighted by molar-refractivity contribution is 9.10. The summed E-state index contributed by atoms with van der Waals surface area (Å²) < 4.78 is 30.3. The molecule has 0 saturated carbocycles. The van der Waals surface area contributed by atoms with Crippen LogP contribution in [0, 0.1) is 0 Å². The van der Waals surface area contributed by atoms with Crippen molar-refractivity contribution in [2.75, 3.05) is 7.05 Å². The van der Waals surface area contributed by atoms with Crippen molar-refractivity contribution < 1.29 is 13.5 Å². The lowest BCUT2D eigenvalue weighted by Gasteiger charge is -2.14. The second-order valence-electron chi connectivity index (χ2n) is 4.98. The quantitative estimate of drug-likeness (QED) is 0.513. The van der Waals surface area contributed by atoms with Crippen LogP contribution in [0.15, 0.2) is 33.9 Å². The second-order valence-corrected chi connectivity index (χ2v) is 7.10. The van der Waals surface area contributed by atoms with Gasteiger partial charge in [-0.25, -0.2) is 4.98 Å². The van der Waals surface area contributed by atoms with Gasteiger partial charge in [-0.3, -0.25) is 4.99 Å². The smallest absolute Gasteiger partial charge is 0.387 e. The van der Waals surface area contributed by atoms with Gasteiger partial charge >= 0.3 is 6.61 Å².